The first-order valence-electron chi connectivity index (χ1n) is 10.8. The van der Waals surface area contributed by atoms with Crippen LogP contribution in [0, 0.1) is 11.2 Å². The second-order valence-corrected chi connectivity index (χ2v) is 9.80. The van der Waals surface area contributed by atoms with Crippen LogP contribution >= 0.6 is 11.8 Å². The highest BCUT2D eigenvalue weighted by Crippen LogP contribution is 2.52. The van der Waals surface area contributed by atoms with Crippen LogP contribution in [-0.4, -0.2) is 37.4 Å². The quantitative estimate of drug-likeness (QED) is 0.531. The van der Waals surface area contributed by atoms with Gasteiger partial charge in [-0.2, -0.15) is 10.2 Å². The van der Waals surface area contributed by atoms with Gasteiger partial charge in [-0.3, -0.25) is 9.48 Å². The van der Waals surface area contributed by atoms with Crippen molar-refractivity contribution in [1.29, 1.82) is 0 Å². The highest BCUT2D eigenvalue weighted by molar-refractivity contribution is 8.00. The molecule has 0 spiro atoms. The molecule has 8 heteroatoms. The number of ether oxygens (including phenoxy) is 1. The second-order valence-electron chi connectivity index (χ2n) is 8.42. The predicted molar refractivity (Wildman–Crippen MR) is 121 cm³/mol. The minimum Gasteiger partial charge on any atom is -0.465 e. The molecule has 0 unspecified atom stereocenters. The molecule has 1 saturated carbocycles. The highest BCUT2D eigenvalue weighted by atomic mass is 32.2. The highest BCUT2D eigenvalue weighted by Gasteiger charge is 2.50. The fourth-order valence-corrected chi connectivity index (χ4v) is 6.15. The molecule has 0 saturated heterocycles. The van der Waals surface area contributed by atoms with Crippen LogP contribution in [0.25, 0.3) is 11.8 Å². The molecule has 2 aromatic heterocycles. The number of aromatic nitrogens is 4. The van der Waals surface area contributed by atoms with Gasteiger partial charge in [0.1, 0.15) is 5.82 Å². The number of esters is 1. The van der Waals surface area contributed by atoms with Gasteiger partial charge in [0.25, 0.3) is 0 Å². The molecular weight excluding hydrogens is 427 g/mol. The van der Waals surface area contributed by atoms with E-state index < -0.39 is 5.41 Å². The van der Waals surface area contributed by atoms with Gasteiger partial charge in [0, 0.05) is 23.4 Å². The van der Waals surface area contributed by atoms with E-state index in [1.165, 1.54) is 12.1 Å². The average molecular weight is 453 g/mol. The number of thioether (sulfide) groups is 1. The van der Waals surface area contributed by atoms with Crippen LogP contribution in [0.5, 0.6) is 0 Å². The molecular formula is C24H25FN4O2S. The first-order valence-corrected chi connectivity index (χ1v) is 11.7. The van der Waals surface area contributed by atoms with Crippen LogP contribution in [0.3, 0.4) is 0 Å². The number of rotatable bonds is 5. The maximum atomic E-state index is 13.4. The molecule has 2 aliphatic carbocycles. The summed E-state index contributed by atoms with van der Waals surface area (Å²) in [7, 11) is 1.91. The Hall–Kier alpha value is -2.87. The van der Waals surface area contributed by atoms with Gasteiger partial charge >= 0.3 is 5.97 Å². The van der Waals surface area contributed by atoms with E-state index in [0.717, 1.165) is 46.7 Å². The lowest BCUT2D eigenvalue weighted by Crippen LogP contribution is -2.44. The van der Waals surface area contributed by atoms with Gasteiger partial charge in [0.2, 0.25) is 0 Å². The van der Waals surface area contributed by atoms with E-state index >= 15 is 0 Å². The van der Waals surface area contributed by atoms with Crippen LogP contribution in [0.4, 0.5) is 4.39 Å². The molecule has 32 heavy (non-hydrogen) atoms. The average Bonchev–Trinajstić information content (AvgIpc) is 3.38. The fourth-order valence-electron chi connectivity index (χ4n) is 4.84. The molecule has 0 bridgehead atoms. The molecule has 0 radical (unpaired) electrons. The smallest absolute Gasteiger partial charge is 0.316 e. The van der Waals surface area contributed by atoms with Crippen molar-refractivity contribution in [3.63, 3.8) is 0 Å². The Morgan fingerprint density at radius 2 is 2.09 bits per heavy atom. The molecule has 2 aliphatic rings. The van der Waals surface area contributed by atoms with E-state index in [-0.39, 0.29) is 11.8 Å². The van der Waals surface area contributed by atoms with E-state index in [0.29, 0.717) is 18.3 Å². The Bertz CT molecular complexity index is 1180. The van der Waals surface area contributed by atoms with Crippen molar-refractivity contribution in [2.45, 2.75) is 42.8 Å². The number of aryl methyl sites for hydroxylation is 1. The Morgan fingerprint density at radius 3 is 2.81 bits per heavy atom. The first-order chi connectivity index (χ1) is 15.5. The lowest BCUT2D eigenvalue weighted by atomic mass is 9.64. The van der Waals surface area contributed by atoms with Gasteiger partial charge in [-0.1, -0.05) is 5.57 Å². The molecule has 0 amide bonds. The van der Waals surface area contributed by atoms with Gasteiger partial charge in [0.05, 0.1) is 35.8 Å². The summed E-state index contributed by atoms with van der Waals surface area (Å²) in [4.78, 5) is 14.4. The Kier molecular flexibility index (Phi) is 5.41. The lowest BCUT2D eigenvalue weighted by Gasteiger charge is -2.42. The van der Waals surface area contributed by atoms with Crippen LogP contribution in [0.2, 0.25) is 0 Å². The molecule has 2 heterocycles. The zero-order chi connectivity index (χ0) is 22.3. The largest absolute Gasteiger partial charge is 0.465 e. The monoisotopic (exact) mass is 452 g/mol. The zero-order valence-electron chi connectivity index (χ0n) is 18.1. The Labute approximate surface area is 190 Å². The van der Waals surface area contributed by atoms with E-state index in [1.54, 1.807) is 28.6 Å². The number of hydrogen-bond acceptors (Lipinski definition) is 5. The molecule has 0 aliphatic heterocycles. The minimum atomic E-state index is -0.669. The molecule has 2 atom stereocenters. The van der Waals surface area contributed by atoms with Crippen molar-refractivity contribution in [1.82, 2.24) is 19.6 Å². The molecule has 5 rings (SSSR count). The summed E-state index contributed by atoms with van der Waals surface area (Å²) < 4.78 is 22.6. The van der Waals surface area contributed by atoms with Gasteiger partial charge < -0.3 is 4.74 Å². The standard InChI is InChI=1S/C24H25FN4O2S/c1-3-31-23(30)24-11-16-13-27-29(19-7-5-18(25)6-8-19)22(16)10-17(24)4-9-20(12-24)32-21-14-26-28(2)15-21/h5-8,10,13-15,20H,3-4,9,11-12H2,1-2H3/t20-,24-/m0/s1. The van der Waals surface area contributed by atoms with Gasteiger partial charge in [0.15, 0.2) is 0 Å². The SMILES string of the molecule is CCOC(=O)[C@]12Cc3cnn(-c4ccc(F)cc4)c3C=C1CC[C@H](Sc1cnn(C)c1)C2. The van der Waals surface area contributed by atoms with E-state index in [2.05, 4.69) is 16.3 Å². The van der Waals surface area contributed by atoms with Crippen molar-refractivity contribution in [2.24, 2.45) is 12.5 Å². The third-order valence-electron chi connectivity index (χ3n) is 6.34. The van der Waals surface area contributed by atoms with Gasteiger partial charge in [-0.05, 0) is 68.5 Å². The summed E-state index contributed by atoms with van der Waals surface area (Å²) in [6.07, 6.45) is 10.9. The van der Waals surface area contributed by atoms with Crippen LogP contribution < -0.4 is 0 Å². The van der Waals surface area contributed by atoms with E-state index in [9.17, 15) is 9.18 Å². The minimum absolute atomic E-state index is 0.150. The summed E-state index contributed by atoms with van der Waals surface area (Å²) in [5, 5.41) is 9.13. The van der Waals surface area contributed by atoms with Crippen LogP contribution in [0.15, 0.2) is 53.3 Å². The van der Waals surface area contributed by atoms with E-state index in [4.69, 9.17) is 4.74 Å². The first kappa shape index (κ1) is 21.0. The summed E-state index contributed by atoms with van der Waals surface area (Å²) in [6, 6.07) is 6.30. The van der Waals surface area contributed by atoms with Crippen molar-refractivity contribution in [3.8, 4) is 5.69 Å². The maximum Gasteiger partial charge on any atom is 0.316 e. The van der Waals surface area contributed by atoms with Crippen LogP contribution in [-0.2, 0) is 23.0 Å². The summed E-state index contributed by atoms with van der Waals surface area (Å²) in [5.74, 6) is -0.429. The number of hydrogen-bond donors (Lipinski definition) is 0. The van der Waals surface area contributed by atoms with Crippen molar-refractivity contribution in [2.75, 3.05) is 6.61 Å². The zero-order valence-corrected chi connectivity index (χ0v) is 18.9. The number of carbonyl (C=O) groups is 1. The fraction of sp³-hybridized carbons (Fsp3) is 0.375. The van der Waals surface area contributed by atoms with Crippen molar-refractivity contribution in [3.05, 3.63) is 65.5 Å². The number of halogens is 1. The molecule has 1 fully saturated rings. The maximum absolute atomic E-state index is 13.4. The molecule has 3 aromatic rings. The number of fused-ring (bicyclic) bond motifs is 2. The van der Waals surface area contributed by atoms with Gasteiger partial charge in [-0.15, -0.1) is 11.8 Å². The normalized spacial score (nSPS) is 22.1. The van der Waals surface area contributed by atoms with Crippen LogP contribution in [0.1, 0.15) is 37.4 Å². The Morgan fingerprint density at radius 1 is 1.28 bits per heavy atom. The van der Waals surface area contributed by atoms with Gasteiger partial charge in [-0.25, -0.2) is 9.07 Å². The lowest BCUT2D eigenvalue weighted by molar-refractivity contribution is -0.154. The molecule has 1 aromatic carbocycles. The summed E-state index contributed by atoms with van der Waals surface area (Å²) >= 11 is 1.79. The molecule has 6 nitrogen and oxygen atoms in total. The third-order valence-corrected chi connectivity index (χ3v) is 7.56. The topological polar surface area (TPSA) is 61.9 Å². The van der Waals surface area contributed by atoms with Crippen molar-refractivity contribution < 1.29 is 13.9 Å². The molecule has 166 valence electrons. The number of carbonyl (C=O) groups excluding carboxylic acids is 1. The van der Waals surface area contributed by atoms with Crippen molar-refractivity contribution >= 4 is 23.8 Å². The predicted octanol–water partition coefficient (Wildman–Crippen LogP) is 4.58. The number of nitrogens with zero attached hydrogens (tertiary/aromatic N) is 4. The number of benzene rings is 1. The second kappa shape index (κ2) is 8.24. The third kappa shape index (κ3) is 3.66. The summed E-state index contributed by atoms with van der Waals surface area (Å²) in [6.45, 7) is 2.21. The summed E-state index contributed by atoms with van der Waals surface area (Å²) in [5.41, 5.74) is 3.21. The Balaban J connectivity index is 1.49. The molecule has 0 N–H and O–H groups in total. The van der Waals surface area contributed by atoms with E-state index in [1.807, 2.05) is 37.2 Å².